The lowest BCUT2D eigenvalue weighted by Crippen LogP contribution is -2.10. The lowest BCUT2D eigenvalue weighted by atomic mass is 10.2. The van der Waals surface area contributed by atoms with Crippen molar-refractivity contribution in [3.8, 4) is 11.5 Å². The first-order valence-electron chi connectivity index (χ1n) is 3.87. The third-order valence-electron chi connectivity index (χ3n) is 1.31. The number of phenolic OH excluding ortho intramolecular Hbond substituents is 2. The Labute approximate surface area is 81.4 Å². The molecule has 78 valence electrons. The molecule has 0 fully saturated rings. The van der Waals surface area contributed by atoms with Gasteiger partial charge in [0, 0.05) is 0 Å². The number of phenols is 2. The number of benzene rings is 1. The van der Waals surface area contributed by atoms with Gasteiger partial charge in [0.15, 0.2) is 11.5 Å². The molecular formula is C9H13NO4. The fourth-order valence-electron chi connectivity index (χ4n) is 0.633. The lowest BCUT2D eigenvalue weighted by Gasteiger charge is -1.95. The lowest BCUT2D eigenvalue weighted by molar-refractivity contribution is -0.135. The Hall–Kier alpha value is -1.75. The van der Waals surface area contributed by atoms with Gasteiger partial charge in [0.1, 0.15) is 0 Å². The number of hydrogen-bond donors (Lipinski definition) is 4. The summed E-state index contributed by atoms with van der Waals surface area (Å²) >= 11 is 0. The maximum Gasteiger partial charge on any atom is 0.317 e. The average Bonchev–Trinajstić information content (AvgIpc) is 2.13. The molecule has 1 aromatic rings. The standard InChI is InChI=1S/C7H8O2.C2H5NO2/c1-5-2-3-6(8)7(9)4-5;3-1-2(4)5/h2-4,8-9H,1H3;1,3H2,(H,4,5). The van der Waals surface area contributed by atoms with Crippen LogP contribution in [-0.2, 0) is 4.79 Å². The molecule has 0 aliphatic carbocycles. The Balaban J connectivity index is 0.000000292. The number of rotatable bonds is 1. The number of aliphatic carboxylic acids is 1. The van der Waals surface area contributed by atoms with Crippen LogP contribution in [0.4, 0.5) is 0 Å². The van der Waals surface area contributed by atoms with Gasteiger partial charge < -0.3 is 21.1 Å². The van der Waals surface area contributed by atoms with Crippen molar-refractivity contribution in [2.45, 2.75) is 6.92 Å². The zero-order valence-electron chi connectivity index (χ0n) is 7.77. The van der Waals surface area contributed by atoms with Crippen LogP contribution in [0.2, 0.25) is 0 Å². The highest BCUT2D eigenvalue weighted by Gasteiger charge is 1.94. The summed E-state index contributed by atoms with van der Waals surface area (Å²) in [7, 11) is 0. The highest BCUT2D eigenvalue weighted by atomic mass is 16.4. The van der Waals surface area contributed by atoms with Crippen LogP contribution < -0.4 is 5.73 Å². The third kappa shape index (κ3) is 5.00. The molecule has 1 aromatic carbocycles. The zero-order valence-corrected chi connectivity index (χ0v) is 7.77. The second kappa shape index (κ2) is 5.82. The monoisotopic (exact) mass is 199 g/mol. The van der Waals surface area contributed by atoms with Crippen LogP contribution in [0.1, 0.15) is 5.56 Å². The number of aryl methyl sites for hydroxylation is 1. The van der Waals surface area contributed by atoms with Gasteiger partial charge in [0.2, 0.25) is 0 Å². The van der Waals surface area contributed by atoms with Gasteiger partial charge in [0.25, 0.3) is 0 Å². The topological polar surface area (TPSA) is 104 Å². The largest absolute Gasteiger partial charge is 0.504 e. The molecule has 0 saturated carbocycles. The number of carboxylic acids is 1. The van der Waals surface area contributed by atoms with Crippen molar-refractivity contribution in [3.63, 3.8) is 0 Å². The zero-order chi connectivity index (χ0) is 11.1. The average molecular weight is 199 g/mol. The first-order valence-corrected chi connectivity index (χ1v) is 3.87. The van der Waals surface area contributed by atoms with Gasteiger partial charge in [-0.15, -0.1) is 0 Å². The van der Waals surface area contributed by atoms with E-state index in [4.69, 9.17) is 15.3 Å². The smallest absolute Gasteiger partial charge is 0.317 e. The minimum absolute atomic E-state index is 0.0602. The molecule has 1 rings (SSSR count). The van der Waals surface area contributed by atoms with E-state index in [-0.39, 0.29) is 18.0 Å². The van der Waals surface area contributed by atoms with Crippen LogP contribution in [0.5, 0.6) is 11.5 Å². The number of carboxylic acid groups (broad SMARTS) is 1. The molecule has 0 aromatic heterocycles. The number of carbonyl (C=O) groups is 1. The molecule has 5 heteroatoms. The maximum atomic E-state index is 9.24. The van der Waals surface area contributed by atoms with Crippen LogP contribution in [0.3, 0.4) is 0 Å². The van der Waals surface area contributed by atoms with E-state index in [0.717, 1.165) is 5.56 Å². The van der Waals surface area contributed by atoms with Crippen molar-refractivity contribution in [2.75, 3.05) is 6.54 Å². The van der Waals surface area contributed by atoms with Gasteiger partial charge in [-0.1, -0.05) is 6.07 Å². The quantitative estimate of drug-likeness (QED) is 0.491. The van der Waals surface area contributed by atoms with Crippen molar-refractivity contribution in [1.29, 1.82) is 0 Å². The van der Waals surface area contributed by atoms with E-state index >= 15 is 0 Å². The number of aromatic hydroxyl groups is 2. The highest BCUT2D eigenvalue weighted by Crippen LogP contribution is 2.23. The number of nitrogens with two attached hydrogens (primary N) is 1. The molecule has 0 saturated heterocycles. The molecular weight excluding hydrogens is 186 g/mol. The van der Waals surface area contributed by atoms with Crippen LogP contribution in [0.15, 0.2) is 18.2 Å². The Morgan fingerprint density at radius 3 is 2.14 bits per heavy atom. The minimum atomic E-state index is -0.968. The Morgan fingerprint density at radius 1 is 1.36 bits per heavy atom. The summed E-state index contributed by atoms with van der Waals surface area (Å²) in [5, 5.41) is 25.2. The van der Waals surface area contributed by atoms with Gasteiger partial charge in [-0.05, 0) is 24.6 Å². The van der Waals surface area contributed by atoms with Gasteiger partial charge >= 0.3 is 5.97 Å². The predicted molar refractivity (Wildman–Crippen MR) is 51.2 cm³/mol. The van der Waals surface area contributed by atoms with E-state index in [9.17, 15) is 4.79 Å². The molecule has 0 unspecified atom stereocenters. The first-order chi connectivity index (χ1) is 6.47. The fraction of sp³-hybridized carbons (Fsp3) is 0.222. The SMILES string of the molecule is Cc1ccc(O)c(O)c1.NCC(=O)O. The molecule has 0 aliphatic rings. The normalized spacial score (nSPS) is 8.71. The van der Waals surface area contributed by atoms with E-state index in [1.54, 1.807) is 6.07 Å². The summed E-state index contributed by atoms with van der Waals surface area (Å²) in [4.78, 5) is 9.24. The maximum absolute atomic E-state index is 9.24. The van der Waals surface area contributed by atoms with Crippen LogP contribution in [0.25, 0.3) is 0 Å². The molecule has 5 nitrogen and oxygen atoms in total. The van der Waals surface area contributed by atoms with Gasteiger partial charge in [-0.25, -0.2) is 0 Å². The second-order valence-corrected chi connectivity index (χ2v) is 2.59. The van der Waals surface area contributed by atoms with Crippen molar-refractivity contribution in [3.05, 3.63) is 23.8 Å². The highest BCUT2D eigenvalue weighted by molar-refractivity contribution is 5.68. The van der Waals surface area contributed by atoms with Gasteiger partial charge in [0.05, 0.1) is 6.54 Å². The van der Waals surface area contributed by atoms with Crippen molar-refractivity contribution in [2.24, 2.45) is 5.73 Å². The van der Waals surface area contributed by atoms with Crippen LogP contribution in [-0.4, -0.2) is 27.8 Å². The molecule has 0 radical (unpaired) electrons. The summed E-state index contributed by atoms with van der Waals surface area (Å²) in [6, 6.07) is 4.70. The molecule has 14 heavy (non-hydrogen) atoms. The summed E-state index contributed by atoms with van der Waals surface area (Å²) in [5.74, 6) is -1.10. The summed E-state index contributed by atoms with van der Waals surface area (Å²) in [6.07, 6.45) is 0. The molecule has 0 aliphatic heterocycles. The van der Waals surface area contributed by atoms with E-state index < -0.39 is 5.97 Å². The minimum Gasteiger partial charge on any atom is -0.504 e. The molecule has 0 amide bonds. The van der Waals surface area contributed by atoms with Gasteiger partial charge in [-0.3, -0.25) is 4.79 Å². The Kier molecular flexibility index (Phi) is 5.09. The Morgan fingerprint density at radius 2 is 1.86 bits per heavy atom. The van der Waals surface area contributed by atoms with E-state index in [1.165, 1.54) is 12.1 Å². The Bertz CT molecular complexity index is 312. The molecule has 0 heterocycles. The first kappa shape index (κ1) is 12.2. The molecule has 0 atom stereocenters. The predicted octanol–water partition coefficient (Wildman–Crippen LogP) is 0.436. The van der Waals surface area contributed by atoms with E-state index in [2.05, 4.69) is 5.73 Å². The summed E-state index contributed by atoms with van der Waals surface area (Å²) in [6.45, 7) is 1.57. The molecule has 5 N–H and O–H groups in total. The summed E-state index contributed by atoms with van der Waals surface area (Å²) in [5.41, 5.74) is 5.51. The fourth-order valence-corrected chi connectivity index (χ4v) is 0.633. The van der Waals surface area contributed by atoms with E-state index in [1.807, 2.05) is 6.92 Å². The molecule has 0 spiro atoms. The van der Waals surface area contributed by atoms with Crippen LogP contribution in [0, 0.1) is 6.92 Å². The van der Waals surface area contributed by atoms with Gasteiger partial charge in [-0.2, -0.15) is 0 Å². The molecule has 0 bridgehead atoms. The van der Waals surface area contributed by atoms with Crippen molar-refractivity contribution < 1.29 is 20.1 Å². The van der Waals surface area contributed by atoms with Crippen LogP contribution >= 0.6 is 0 Å². The van der Waals surface area contributed by atoms with E-state index in [0.29, 0.717) is 0 Å². The number of hydrogen-bond acceptors (Lipinski definition) is 4. The second-order valence-electron chi connectivity index (χ2n) is 2.59. The van der Waals surface area contributed by atoms with Crippen molar-refractivity contribution >= 4 is 5.97 Å². The van der Waals surface area contributed by atoms with Crippen molar-refractivity contribution in [1.82, 2.24) is 0 Å². The third-order valence-corrected chi connectivity index (χ3v) is 1.31. The summed E-state index contributed by atoms with van der Waals surface area (Å²) < 4.78 is 0.